The van der Waals surface area contributed by atoms with Crippen LogP contribution >= 0.6 is 22.9 Å². The molecule has 1 aliphatic rings. The molecule has 0 spiro atoms. The zero-order valence-corrected chi connectivity index (χ0v) is 18.0. The number of carbonyl (C=O) groups excluding carboxylic acids is 1. The van der Waals surface area contributed by atoms with Gasteiger partial charge in [0.15, 0.2) is 5.43 Å². The third-order valence-electron chi connectivity index (χ3n) is 5.37. The van der Waals surface area contributed by atoms with Crippen LogP contribution in [0.3, 0.4) is 0 Å². The van der Waals surface area contributed by atoms with Crippen LogP contribution in [0.2, 0.25) is 5.02 Å². The van der Waals surface area contributed by atoms with Crippen LogP contribution in [0.1, 0.15) is 43.9 Å². The minimum Gasteiger partial charge on any atom is -0.450 e. The van der Waals surface area contributed by atoms with Gasteiger partial charge in [0.25, 0.3) is 5.91 Å². The quantitative estimate of drug-likeness (QED) is 0.442. The average Bonchev–Trinajstić information content (AvgIpc) is 3.25. The molecule has 2 aromatic heterocycles. The van der Waals surface area contributed by atoms with E-state index < -0.39 is 11.9 Å². The molecule has 0 N–H and O–H groups in total. The molecule has 5 rings (SSSR count). The van der Waals surface area contributed by atoms with Crippen LogP contribution in [0.25, 0.3) is 11.0 Å². The molecule has 3 heterocycles. The maximum Gasteiger partial charge on any atom is 0.297 e. The second-order valence-corrected chi connectivity index (χ2v) is 8.94. The molecule has 6 nitrogen and oxygen atoms in total. The zero-order chi connectivity index (χ0) is 21.2. The minimum atomic E-state index is -0.694. The van der Waals surface area contributed by atoms with Crippen molar-refractivity contribution < 1.29 is 9.21 Å². The number of halogens is 1. The number of anilines is 1. The number of fused-ring (bicyclic) bond motifs is 2. The van der Waals surface area contributed by atoms with Gasteiger partial charge in [-0.3, -0.25) is 14.5 Å². The largest absolute Gasteiger partial charge is 0.450 e. The molecule has 0 saturated carbocycles. The Hall–Kier alpha value is -3.03. The number of hydrogen-bond acceptors (Lipinski definition) is 6. The molecule has 30 heavy (non-hydrogen) atoms. The molecule has 0 saturated heterocycles. The van der Waals surface area contributed by atoms with E-state index in [9.17, 15) is 9.59 Å². The van der Waals surface area contributed by atoms with Crippen molar-refractivity contribution in [3.8, 4) is 0 Å². The summed E-state index contributed by atoms with van der Waals surface area (Å²) in [6, 6.07) is 10.0. The van der Waals surface area contributed by atoms with Gasteiger partial charge in [0.1, 0.15) is 10.6 Å². The Morgan fingerprint density at radius 3 is 2.53 bits per heavy atom. The van der Waals surface area contributed by atoms with Crippen molar-refractivity contribution in [3.63, 3.8) is 0 Å². The lowest BCUT2D eigenvalue weighted by Gasteiger charge is -2.22. The molecule has 1 atom stereocenters. The first-order valence-corrected chi connectivity index (χ1v) is 10.5. The van der Waals surface area contributed by atoms with Gasteiger partial charge in [-0.15, -0.1) is 10.2 Å². The van der Waals surface area contributed by atoms with E-state index in [4.69, 9.17) is 16.0 Å². The van der Waals surface area contributed by atoms with Crippen LogP contribution in [0.15, 0.2) is 45.6 Å². The van der Waals surface area contributed by atoms with E-state index in [2.05, 4.69) is 10.2 Å². The zero-order valence-electron chi connectivity index (χ0n) is 16.4. The van der Waals surface area contributed by atoms with Gasteiger partial charge in [-0.25, -0.2) is 0 Å². The molecule has 1 unspecified atom stereocenters. The first-order chi connectivity index (χ1) is 14.3. The lowest BCUT2D eigenvalue weighted by atomic mass is 9.97. The molecule has 1 amide bonds. The molecule has 0 bridgehead atoms. The number of amides is 1. The first-order valence-electron chi connectivity index (χ1n) is 9.32. The third-order valence-corrected chi connectivity index (χ3v) is 6.45. The first kappa shape index (κ1) is 19.0. The molecule has 0 aliphatic carbocycles. The summed E-state index contributed by atoms with van der Waals surface area (Å²) < 4.78 is 6.01. The summed E-state index contributed by atoms with van der Waals surface area (Å²) in [4.78, 5) is 28.5. The summed E-state index contributed by atoms with van der Waals surface area (Å²) >= 11 is 7.51. The number of hydrogen-bond donors (Lipinski definition) is 0. The van der Waals surface area contributed by atoms with Crippen LogP contribution in [0.4, 0.5) is 5.13 Å². The van der Waals surface area contributed by atoms with Gasteiger partial charge in [0.05, 0.1) is 17.0 Å². The summed E-state index contributed by atoms with van der Waals surface area (Å²) in [5, 5.41) is 10.3. The van der Waals surface area contributed by atoms with Crippen molar-refractivity contribution in [1.82, 2.24) is 10.2 Å². The lowest BCUT2D eigenvalue weighted by Crippen LogP contribution is -2.29. The van der Waals surface area contributed by atoms with Gasteiger partial charge in [-0.05, 0) is 61.7 Å². The van der Waals surface area contributed by atoms with E-state index in [-0.39, 0.29) is 11.2 Å². The summed E-state index contributed by atoms with van der Waals surface area (Å²) in [5.74, 6) is -0.378. The maximum absolute atomic E-state index is 13.6. The number of benzene rings is 2. The van der Waals surface area contributed by atoms with Crippen LogP contribution in [-0.2, 0) is 0 Å². The maximum atomic E-state index is 13.6. The molecular formula is C22H16ClN3O3S. The molecule has 0 radical (unpaired) electrons. The van der Waals surface area contributed by atoms with E-state index in [1.807, 2.05) is 32.9 Å². The molecule has 2 aromatic carbocycles. The van der Waals surface area contributed by atoms with Crippen LogP contribution in [-0.4, -0.2) is 16.1 Å². The van der Waals surface area contributed by atoms with Crippen molar-refractivity contribution in [3.05, 3.63) is 84.7 Å². The van der Waals surface area contributed by atoms with E-state index in [1.54, 1.807) is 24.3 Å². The van der Waals surface area contributed by atoms with Gasteiger partial charge < -0.3 is 4.42 Å². The highest BCUT2D eigenvalue weighted by Crippen LogP contribution is 2.42. The normalized spacial score (nSPS) is 15.8. The van der Waals surface area contributed by atoms with Crippen LogP contribution in [0, 0.1) is 20.8 Å². The number of aryl methyl sites for hydroxylation is 3. The van der Waals surface area contributed by atoms with Gasteiger partial charge in [0.2, 0.25) is 10.9 Å². The van der Waals surface area contributed by atoms with Crippen molar-refractivity contribution in [2.24, 2.45) is 0 Å². The predicted molar refractivity (Wildman–Crippen MR) is 117 cm³/mol. The molecular weight excluding hydrogens is 422 g/mol. The lowest BCUT2D eigenvalue weighted by molar-refractivity contribution is 0.0970. The fourth-order valence-corrected chi connectivity index (χ4v) is 4.71. The Bertz CT molecular complexity index is 1410. The third kappa shape index (κ3) is 2.77. The summed E-state index contributed by atoms with van der Waals surface area (Å²) in [7, 11) is 0. The average molecular weight is 438 g/mol. The second-order valence-electron chi connectivity index (χ2n) is 7.34. The number of carbonyl (C=O) groups is 1. The smallest absolute Gasteiger partial charge is 0.297 e. The number of aromatic nitrogens is 2. The van der Waals surface area contributed by atoms with Crippen LogP contribution in [0.5, 0.6) is 0 Å². The monoisotopic (exact) mass is 437 g/mol. The standard InChI is InChI=1S/C22H16ClN3O3S/c1-10-7-15-16(8-11(10)2)29-20-17(19(15)27)18(13-5-4-6-14(23)9-13)26(21(20)28)22-25-24-12(3)30-22/h4-9,18H,1-3H3. The molecule has 4 aromatic rings. The second kappa shape index (κ2) is 6.75. The SMILES string of the molecule is Cc1nnc(N2C(=O)c3oc4cc(C)c(C)cc4c(=O)c3C2c2cccc(Cl)c2)s1. The minimum absolute atomic E-state index is 0.0357. The molecule has 1 aliphatic heterocycles. The Labute approximate surface area is 180 Å². The predicted octanol–water partition coefficient (Wildman–Crippen LogP) is 4.97. The van der Waals surface area contributed by atoms with Crippen molar-refractivity contribution in [2.75, 3.05) is 4.90 Å². The summed E-state index contributed by atoms with van der Waals surface area (Å²) in [6.45, 7) is 5.69. The van der Waals surface area contributed by atoms with E-state index >= 15 is 0 Å². The molecule has 8 heteroatoms. The van der Waals surface area contributed by atoms with E-state index in [0.717, 1.165) is 11.1 Å². The highest BCUT2D eigenvalue weighted by Gasteiger charge is 2.45. The fraction of sp³-hybridized carbons (Fsp3) is 0.182. The van der Waals surface area contributed by atoms with Gasteiger partial charge in [0, 0.05) is 5.02 Å². The summed E-state index contributed by atoms with van der Waals surface area (Å²) in [5.41, 5.74) is 3.14. The highest BCUT2D eigenvalue weighted by molar-refractivity contribution is 7.15. The van der Waals surface area contributed by atoms with E-state index in [0.29, 0.717) is 37.3 Å². The van der Waals surface area contributed by atoms with Gasteiger partial charge in [-0.2, -0.15) is 0 Å². The summed E-state index contributed by atoms with van der Waals surface area (Å²) in [6.07, 6.45) is 0. The van der Waals surface area contributed by atoms with Crippen molar-refractivity contribution in [2.45, 2.75) is 26.8 Å². The number of nitrogens with zero attached hydrogens (tertiary/aromatic N) is 3. The molecule has 0 fully saturated rings. The Kier molecular flexibility index (Phi) is 4.27. The molecule has 150 valence electrons. The number of rotatable bonds is 2. The van der Waals surface area contributed by atoms with Crippen molar-refractivity contribution >= 4 is 44.9 Å². The Balaban J connectivity index is 1.84. The van der Waals surface area contributed by atoms with Crippen molar-refractivity contribution in [1.29, 1.82) is 0 Å². The van der Waals surface area contributed by atoms with Crippen LogP contribution < -0.4 is 10.3 Å². The Morgan fingerprint density at radius 2 is 1.83 bits per heavy atom. The van der Waals surface area contributed by atoms with Gasteiger partial charge in [-0.1, -0.05) is 35.1 Å². The topological polar surface area (TPSA) is 76.3 Å². The van der Waals surface area contributed by atoms with Gasteiger partial charge >= 0.3 is 0 Å². The van der Waals surface area contributed by atoms with E-state index in [1.165, 1.54) is 16.2 Å². The fourth-order valence-electron chi connectivity index (χ4n) is 3.80. The Morgan fingerprint density at radius 1 is 1.07 bits per heavy atom. The highest BCUT2D eigenvalue weighted by atomic mass is 35.5.